The van der Waals surface area contributed by atoms with Crippen LogP contribution in [0.5, 0.6) is 0 Å². The van der Waals surface area contributed by atoms with Crippen LogP contribution in [-0.4, -0.2) is 39.7 Å². The zero-order valence-electron chi connectivity index (χ0n) is 11.6. The Kier molecular flexibility index (Phi) is 6.49. The zero-order valence-corrected chi connectivity index (χ0v) is 12.4. The van der Waals surface area contributed by atoms with Crippen molar-refractivity contribution in [1.29, 1.82) is 0 Å². The normalized spacial score (nSPS) is 13.6. The molecule has 0 bridgehead atoms. The standard InChI is InChI=1S/C13H21N3O2S/c1-4-15-12-9-14-7-5-11(12)13(17)16-10(2)6-8-19(3)18/h5,7,9-10,15H,4,6,8H2,1-3H3,(H,16,17). The largest absolute Gasteiger partial charge is 0.383 e. The third kappa shape index (κ3) is 5.38. The number of nitrogens with one attached hydrogen (secondary N) is 2. The van der Waals surface area contributed by atoms with Gasteiger partial charge < -0.3 is 10.6 Å². The van der Waals surface area contributed by atoms with Crippen molar-refractivity contribution in [2.24, 2.45) is 0 Å². The highest BCUT2D eigenvalue weighted by Crippen LogP contribution is 2.13. The van der Waals surface area contributed by atoms with E-state index in [0.29, 0.717) is 17.7 Å². The average molecular weight is 283 g/mol. The summed E-state index contributed by atoms with van der Waals surface area (Å²) in [6, 6.07) is 1.69. The van der Waals surface area contributed by atoms with Crippen molar-refractivity contribution in [2.45, 2.75) is 26.3 Å². The first-order valence-electron chi connectivity index (χ1n) is 6.33. The van der Waals surface area contributed by atoms with Gasteiger partial charge in [0.25, 0.3) is 5.91 Å². The molecule has 0 saturated heterocycles. The maximum Gasteiger partial charge on any atom is 0.253 e. The number of carbonyl (C=O) groups excluding carboxylic acids is 1. The van der Waals surface area contributed by atoms with Crippen LogP contribution in [0.4, 0.5) is 5.69 Å². The lowest BCUT2D eigenvalue weighted by Crippen LogP contribution is -2.34. The van der Waals surface area contributed by atoms with Crippen molar-refractivity contribution in [1.82, 2.24) is 10.3 Å². The number of nitrogens with zero attached hydrogens (tertiary/aromatic N) is 1. The van der Waals surface area contributed by atoms with Gasteiger partial charge in [-0.3, -0.25) is 14.0 Å². The molecule has 2 N–H and O–H groups in total. The van der Waals surface area contributed by atoms with Crippen LogP contribution in [0.3, 0.4) is 0 Å². The molecule has 0 aliphatic rings. The van der Waals surface area contributed by atoms with Crippen molar-refractivity contribution < 1.29 is 9.00 Å². The van der Waals surface area contributed by atoms with E-state index >= 15 is 0 Å². The van der Waals surface area contributed by atoms with Gasteiger partial charge in [0.1, 0.15) is 0 Å². The fraction of sp³-hybridized carbons (Fsp3) is 0.538. The molecule has 1 aromatic rings. The number of amides is 1. The molecule has 0 aromatic carbocycles. The maximum atomic E-state index is 12.1. The molecule has 1 amide bonds. The number of rotatable bonds is 7. The van der Waals surface area contributed by atoms with Crippen LogP contribution >= 0.6 is 0 Å². The molecule has 1 aromatic heterocycles. The Hall–Kier alpha value is -1.43. The fourth-order valence-corrected chi connectivity index (χ4v) is 2.33. The van der Waals surface area contributed by atoms with E-state index in [-0.39, 0.29) is 11.9 Å². The van der Waals surface area contributed by atoms with E-state index in [1.807, 2.05) is 13.8 Å². The van der Waals surface area contributed by atoms with E-state index in [4.69, 9.17) is 0 Å². The fourth-order valence-electron chi connectivity index (χ4n) is 1.64. The number of pyridine rings is 1. The van der Waals surface area contributed by atoms with Gasteiger partial charge in [0.05, 0.1) is 17.4 Å². The van der Waals surface area contributed by atoms with E-state index in [9.17, 15) is 9.00 Å². The summed E-state index contributed by atoms with van der Waals surface area (Å²) < 4.78 is 11.0. The number of aromatic nitrogens is 1. The Morgan fingerprint density at radius 1 is 1.53 bits per heavy atom. The van der Waals surface area contributed by atoms with Crippen LogP contribution in [-0.2, 0) is 10.8 Å². The molecule has 5 nitrogen and oxygen atoms in total. The lowest BCUT2D eigenvalue weighted by Gasteiger charge is -2.15. The molecule has 6 heteroatoms. The van der Waals surface area contributed by atoms with Gasteiger partial charge >= 0.3 is 0 Å². The Morgan fingerprint density at radius 2 is 2.26 bits per heavy atom. The number of hydrogen-bond donors (Lipinski definition) is 2. The van der Waals surface area contributed by atoms with E-state index in [1.54, 1.807) is 24.7 Å². The lowest BCUT2D eigenvalue weighted by atomic mass is 10.2. The van der Waals surface area contributed by atoms with E-state index < -0.39 is 10.8 Å². The van der Waals surface area contributed by atoms with Gasteiger partial charge in [0, 0.05) is 41.6 Å². The van der Waals surface area contributed by atoms with Gasteiger partial charge in [-0.25, -0.2) is 0 Å². The topological polar surface area (TPSA) is 71.1 Å². The van der Waals surface area contributed by atoms with E-state index in [1.165, 1.54) is 0 Å². The van der Waals surface area contributed by atoms with Crippen LogP contribution in [0.2, 0.25) is 0 Å². The third-order valence-corrected chi connectivity index (χ3v) is 3.46. The summed E-state index contributed by atoms with van der Waals surface area (Å²) in [5.41, 5.74) is 1.31. The predicted molar refractivity (Wildman–Crippen MR) is 78.9 cm³/mol. The number of hydrogen-bond acceptors (Lipinski definition) is 4. The Balaban J connectivity index is 2.64. The Bertz CT molecular complexity index is 451. The molecule has 0 fully saturated rings. The van der Waals surface area contributed by atoms with Gasteiger partial charge in [-0.1, -0.05) is 0 Å². The lowest BCUT2D eigenvalue weighted by molar-refractivity contribution is 0.0940. The molecule has 2 atom stereocenters. The molecule has 106 valence electrons. The molecule has 0 radical (unpaired) electrons. The second-order valence-corrected chi connectivity index (χ2v) is 5.95. The molecular weight excluding hydrogens is 262 g/mol. The van der Waals surface area contributed by atoms with Gasteiger partial charge in [0.2, 0.25) is 0 Å². The summed E-state index contributed by atoms with van der Waals surface area (Å²) in [6.07, 6.45) is 5.61. The van der Waals surface area contributed by atoms with Crippen molar-refractivity contribution in [2.75, 3.05) is 23.9 Å². The summed E-state index contributed by atoms with van der Waals surface area (Å²) in [5.74, 6) is 0.463. The van der Waals surface area contributed by atoms with Crippen LogP contribution < -0.4 is 10.6 Å². The molecule has 2 unspecified atom stereocenters. The first-order valence-corrected chi connectivity index (χ1v) is 8.06. The molecule has 0 aliphatic carbocycles. The van der Waals surface area contributed by atoms with Gasteiger partial charge in [-0.15, -0.1) is 0 Å². The van der Waals surface area contributed by atoms with Crippen LogP contribution in [0.15, 0.2) is 18.5 Å². The van der Waals surface area contributed by atoms with Crippen LogP contribution in [0.1, 0.15) is 30.6 Å². The first-order chi connectivity index (χ1) is 9.04. The smallest absolute Gasteiger partial charge is 0.253 e. The van der Waals surface area contributed by atoms with Crippen LogP contribution in [0.25, 0.3) is 0 Å². The van der Waals surface area contributed by atoms with Crippen LogP contribution in [0, 0.1) is 0 Å². The third-order valence-electron chi connectivity index (χ3n) is 2.65. The summed E-state index contributed by atoms with van der Waals surface area (Å²) >= 11 is 0. The van der Waals surface area contributed by atoms with Gasteiger partial charge in [-0.05, 0) is 26.3 Å². The summed E-state index contributed by atoms with van der Waals surface area (Å²) in [4.78, 5) is 16.1. The van der Waals surface area contributed by atoms with Gasteiger partial charge in [-0.2, -0.15) is 0 Å². The molecular formula is C13H21N3O2S. The average Bonchev–Trinajstić information content (AvgIpc) is 2.37. The minimum atomic E-state index is -0.827. The molecule has 0 spiro atoms. The zero-order chi connectivity index (χ0) is 14.3. The monoisotopic (exact) mass is 283 g/mol. The highest BCUT2D eigenvalue weighted by Gasteiger charge is 2.13. The van der Waals surface area contributed by atoms with Crippen molar-refractivity contribution in [3.8, 4) is 0 Å². The molecule has 1 rings (SSSR count). The maximum absolute atomic E-state index is 12.1. The Morgan fingerprint density at radius 3 is 2.89 bits per heavy atom. The van der Waals surface area contributed by atoms with Crippen molar-refractivity contribution >= 4 is 22.4 Å². The highest BCUT2D eigenvalue weighted by atomic mass is 32.2. The van der Waals surface area contributed by atoms with Crippen molar-refractivity contribution in [3.63, 3.8) is 0 Å². The predicted octanol–water partition coefficient (Wildman–Crippen LogP) is 1.40. The summed E-state index contributed by atoms with van der Waals surface area (Å²) in [7, 11) is -0.827. The summed E-state index contributed by atoms with van der Waals surface area (Å²) in [6.45, 7) is 4.61. The first kappa shape index (κ1) is 15.6. The molecule has 19 heavy (non-hydrogen) atoms. The molecule has 0 saturated carbocycles. The number of carbonyl (C=O) groups is 1. The van der Waals surface area contributed by atoms with Crippen molar-refractivity contribution in [3.05, 3.63) is 24.0 Å². The minimum absolute atomic E-state index is 0.000887. The van der Waals surface area contributed by atoms with Gasteiger partial charge in [0.15, 0.2) is 0 Å². The summed E-state index contributed by atoms with van der Waals surface area (Å²) in [5, 5.41) is 6.02. The highest BCUT2D eigenvalue weighted by molar-refractivity contribution is 7.84. The molecule has 0 aliphatic heterocycles. The second kappa shape index (κ2) is 7.89. The number of anilines is 1. The SMILES string of the molecule is CCNc1cnccc1C(=O)NC(C)CCS(C)=O. The Labute approximate surface area is 116 Å². The second-order valence-electron chi connectivity index (χ2n) is 4.39. The van der Waals surface area contributed by atoms with E-state index in [0.717, 1.165) is 12.2 Å². The molecule has 1 heterocycles. The van der Waals surface area contributed by atoms with E-state index in [2.05, 4.69) is 15.6 Å². The minimum Gasteiger partial charge on any atom is -0.383 e. The quantitative estimate of drug-likeness (QED) is 0.793.